The van der Waals surface area contributed by atoms with Crippen LogP contribution in [-0.2, 0) is 25.5 Å². The predicted octanol–water partition coefficient (Wildman–Crippen LogP) is 4.91. The van der Waals surface area contributed by atoms with Crippen LogP contribution in [0.4, 0.5) is 4.39 Å². The van der Waals surface area contributed by atoms with E-state index in [1.807, 2.05) is 13.8 Å². The minimum atomic E-state index is -2.19. The first kappa shape index (κ1) is 31.9. The highest BCUT2D eigenvalue weighted by Gasteiger charge is 2.50. The first-order valence-electron chi connectivity index (χ1n) is 12.9. The molecule has 8 nitrogen and oxygen atoms in total. The molecule has 1 unspecified atom stereocenters. The van der Waals surface area contributed by atoms with Crippen LogP contribution in [0.25, 0.3) is 0 Å². The maximum atomic E-state index is 15.9. The molecule has 0 amide bonds. The molecule has 1 saturated heterocycles. The summed E-state index contributed by atoms with van der Waals surface area (Å²) in [6, 6.07) is 1.15. The summed E-state index contributed by atoms with van der Waals surface area (Å²) in [7, 11) is -2.19. The van der Waals surface area contributed by atoms with E-state index in [0.717, 1.165) is 29.0 Å². The summed E-state index contributed by atoms with van der Waals surface area (Å²) in [5.74, 6) is 0.270. The molecule has 2 heterocycles. The van der Waals surface area contributed by atoms with E-state index in [4.69, 9.17) is 25.5 Å². The lowest BCUT2D eigenvalue weighted by atomic mass is 9.77. The van der Waals surface area contributed by atoms with Gasteiger partial charge in [0.15, 0.2) is 20.7 Å². The van der Waals surface area contributed by atoms with Crippen LogP contribution in [0.1, 0.15) is 60.1 Å². The van der Waals surface area contributed by atoms with Crippen molar-refractivity contribution in [2.75, 3.05) is 6.61 Å². The number of H-pyrrole nitrogens is 1. The van der Waals surface area contributed by atoms with Gasteiger partial charge in [0, 0.05) is 17.0 Å². The Bertz CT molecular complexity index is 1160. The molecule has 38 heavy (non-hydrogen) atoms. The van der Waals surface area contributed by atoms with Gasteiger partial charge >= 0.3 is 5.69 Å². The van der Waals surface area contributed by atoms with E-state index in [1.54, 1.807) is 0 Å². The molecule has 1 aliphatic heterocycles. The maximum Gasteiger partial charge on any atom is 0.330 e. The molecule has 0 bridgehead atoms. The zero-order valence-electron chi connectivity index (χ0n) is 23.3. The Morgan fingerprint density at radius 2 is 2.11 bits per heavy atom. The normalized spacial score (nSPS) is 33.3. The molecule has 3 rings (SSSR count). The number of hydrogen-bond donors (Lipinski definition) is 2. The quantitative estimate of drug-likeness (QED) is 0.232. The Balaban J connectivity index is 1.80. The number of nitrogens with zero attached hydrogens (tertiary/aromatic N) is 1. The summed E-state index contributed by atoms with van der Waals surface area (Å²) in [4.78, 5) is 26.1. The van der Waals surface area contributed by atoms with Crippen molar-refractivity contribution < 1.29 is 23.2 Å². The number of aromatic nitrogens is 2. The van der Waals surface area contributed by atoms with Crippen molar-refractivity contribution in [2.45, 2.75) is 107 Å². The maximum absolute atomic E-state index is 15.9. The van der Waals surface area contributed by atoms with Gasteiger partial charge < -0.3 is 18.8 Å². The number of nitrogens with one attached hydrogen (secondary N) is 1. The molecule has 0 spiro atoms. The topological polar surface area (TPSA) is 103 Å². The van der Waals surface area contributed by atoms with Crippen LogP contribution in [-0.4, -0.2) is 58.8 Å². The zero-order valence-corrected chi connectivity index (χ0v) is 26.9. The summed E-state index contributed by atoms with van der Waals surface area (Å²) in [6.07, 6.45) is -4.03. The van der Waals surface area contributed by atoms with Crippen molar-refractivity contribution in [3.63, 3.8) is 0 Å². The van der Waals surface area contributed by atoms with Gasteiger partial charge in [0.05, 0.1) is 12.7 Å². The number of alkyl halides is 1. The van der Waals surface area contributed by atoms with Gasteiger partial charge in [-0.1, -0.05) is 56.1 Å². The summed E-state index contributed by atoms with van der Waals surface area (Å²) >= 11 is 7.14. The number of aliphatic hydroxyl groups excluding tert-OH is 1. The van der Waals surface area contributed by atoms with Crippen molar-refractivity contribution in [3.8, 4) is 0 Å². The fraction of sp³-hybridized carbons (Fsp3) is 0.760. The molecule has 2 aliphatic rings. The van der Waals surface area contributed by atoms with E-state index in [-0.39, 0.29) is 17.6 Å². The molecule has 1 aliphatic carbocycles. The predicted molar refractivity (Wildman–Crippen MR) is 158 cm³/mol. The lowest BCUT2D eigenvalue weighted by molar-refractivity contribution is -0.0437. The molecule has 1 saturated carbocycles. The highest BCUT2D eigenvalue weighted by molar-refractivity contribution is 8.63. The minimum Gasteiger partial charge on any atom is -0.414 e. The van der Waals surface area contributed by atoms with Crippen LogP contribution in [0, 0.1) is 5.92 Å². The Morgan fingerprint density at radius 3 is 2.66 bits per heavy atom. The highest BCUT2D eigenvalue weighted by atomic mass is 32.9. The highest BCUT2D eigenvalue weighted by Crippen LogP contribution is 2.56. The molecule has 0 radical (unpaired) electrons. The third-order valence-electron chi connectivity index (χ3n) is 8.25. The SMILES string of the molecule is C=C(C)[C@H]1CC[C@@](C)(S[PH](=S)O[C@H]2[C@@H](F)[C@H](n3ccc(=O)[nH]c3=O)O[C@@H]2CO[Si](C)(C)C(C)(C)C)[C@H](O)C1. The second-order valence-electron chi connectivity index (χ2n) is 12.2. The van der Waals surface area contributed by atoms with Crippen LogP contribution < -0.4 is 11.2 Å². The standard InChI is InChI=1S/C25H42FN2O6PS2Si/c1-15(2)16-9-11-25(6,18(29)13-16)37-35(36)34-21-17(14-32-38(7,8)24(3,4)5)33-22(20(21)26)28-12-10-19(30)27-23(28)31/h10,12,16-18,20-22,29,35H,1,9,11,13-14H2,2-8H3,(H,27,30,31)/t16-,17+,18+,20+,21+,22+,25+/m0/s1. The van der Waals surface area contributed by atoms with E-state index in [0.29, 0.717) is 6.42 Å². The van der Waals surface area contributed by atoms with Crippen molar-refractivity contribution in [2.24, 2.45) is 5.92 Å². The van der Waals surface area contributed by atoms with Crippen LogP contribution >= 0.6 is 17.5 Å². The number of aromatic amines is 1. The fourth-order valence-electron chi connectivity index (χ4n) is 4.48. The third kappa shape index (κ3) is 7.18. The first-order valence-corrected chi connectivity index (χ1v) is 19.9. The molecule has 1 aromatic heterocycles. The van der Waals surface area contributed by atoms with Gasteiger partial charge in [-0.3, -0.25) is 14.3 Å². The van der Waals surface area contributed by atoms with Crippen molar-refractivity contribution >= 4 is 37.6 Å². The van der Waals surface area contributed by atoms with Gasteiger partial charge in [-0.05, 0) is 57.2 Å². The number of rotatable bonds is 9. The molecule has 8 atom stereocenters. The zero-order chi connectivity index (χ0) is 28.6. The van der Waals surface area contributed by atoms with Gasteiger partial charge in [-0.15, -0.1) is 0 Å². The Labute approximate surface area is 235 Å². The van der Waals surface area contributed by atoms with Gasteiger partial charge in [0.25, 0.3) is 5.56 Å². The van der Waals surface area contributed by atoms with E-state index < -0.39 is 61.2 Å². The summed E-state index contributed by atoms with van der Waals surface area (Å²) in [5, 5.41) is 10.9. The smallest absolute Gasteiger partial charge is 0.330 e. The number of halogens is 1. The minimum absolute atomic E-state index is 0.0670. The molecule has 1 aromatic rings. The molecule has 0 aromatic carbocycles. The Kier molecular flexibility index (Phi) is 10.2. The Hall–Kier alpha value is -0.593. The summed E-state index contributed by atoms with van der Waals surface area (Å²) < 4.78 is 35.0. The Morgan fingerprint density at radius 1 is 1.45 bits per heavy atom. The average Bonchev–Trinajstić information content (AvgIpc) is 3.08. The number of ether oxygens (including phenoxy) is 1. The average molecular weight is 609 g/mol. The van der Waals surface area contributed by atoms with Gasteiger partial charge in [0.2, 0.25) is 0 Å². The molecular weight excluding hydrogens is 566 g/mol. The molecule has 2 N–H and O–H groups in total. The monoisotopic (exact) mass is 608 g/mol. The molecular formula is C25H42FN2O6PS2Si. The molecule has 13 heteroatoms. The van der Waals surface area contributed by atoms with Gasteiger partial charge in [-0.2, -0.15) is 0 Å². The van der Waals surface area contributed by atoms with Crippen molar-refractivity contribution in [1.82, 2.24) is 9.55 Å². The van der Waals surface area contributed by atoms with E-state index in [2.05, 4.69) is 45.4 Å². The van der Waals surface area contributed by atoms with Crippen LogP contribution in [0.3, 0.4) is 0 Å². The van der Waals surface area contributed by atoms with E-state index in [9.17, 15) is 14.7 Å². The largest absolute Gasteiger partial charge is 0.414 e. The third-order valence-corrected chi connectivity index (χ3v) is 17.6. The molecule has 216 valence electrons. The van der Waals surface area contributed by atoms with Crippen molar-refractivity contribution in [1.29, 1.82) is 0 Å². The number of allylic oxidation sites excluding steroid dienone is 1. The first-order chi connectivity index (χ1) is 17.4. The van der Waals surface area contributed by atoms with Crippen LogP contribution in [0.15, 0.2) is 34.0 Å². The second kappa shape index (κ2) is 12.1. The van der Waals surface area contributed by atoms with E-state index >= 15 is 4.39 Å². The summed E-state index contributed by atoms with van der Waals surface area (Å²) in [5.41, 5.74) is -0.281. The van der Waals surface area contributed by atoms with Gasteiger partial charge in [0.1, 0.15) is 18.3 Å². The fourth-order valence-corrected chi connectivity index (χ4v) is 11.3. The lowest BCUT2D eigenvalue weighted by Crippen LogP contribution is -2.44. The van der Waals surface area contributed by atoms with Gasteiger partial charge in [-0.25, -0.2) is 9.18 Å². The lowest BCUT2D eigenvalue weighted by Gasteiger charge is -2.42. The second-order valence-corrected chi connectivity index (χ2v) is 22.5. The van der Waals surface area contributed by atoms with Crippen LogP contribution in [0.2, 0.25) is 18.1 Å². The summed E-state index contributed by atoms with van der Waals surface area (Å²) in [6.45, 7) is 18.6. The van der Waals surface area contributed by atoms with Crippen molar-refractivity contribution in [3.05, 3.63) is 45.3 Å². The number of aliphatic hydroxyl groups is 1. The van der Waals surface area contributed by atoms with E-state index in [1.165, 1.54) is 17.6 Å². The van der Waals surface area contributed by atoms with Crippen LogP contribution in [0.5, 0.6) is 0 Å². The molecule has 2 fully saturated rings. The number of hydrogen-bond acceptors (Lipinski definition) is 8.